The molecule has 1 heterocycles. The maximum absolute atomic E-state index is 12.5. The summed E-state index contributed by atoms with van der Waals surface area (Å²) in [5.74, 6) is -1.20. The highest BCUT2D eigenvalue weighted by molar-refractivity contribution is 14.1. The van der Waals surface area contributed by atoms with E-state index >= 15 is 0 Å². The van der Waals surface area contributed by atoms with Crippen LogP contribution in [0.25, 0.3) is 0 Å². The number of nitro groups is 1. The lowest BCUT2D eigenvalue weighted by Gasteiger charge is -2.15. The number of hydrogen-bond acceptors (Lipinski definition) is 4. The third-order valence-electron chi connectivity index (χ3n) is 3.18. The van der Waals surface area contributed by atoms with Crippen molar-refractivity contribution in [2.75, 3.05) is 4.90 Å². The predicted octanol–water partition coefficient (Wildman–Crippen LogP) is 3.00. The van der Waals surface area contributed by atoms with Crippen molar-refractivity contribution in [3.63, 3.8) is 0 Å². The van der Waals surface area contributed by atoms with Gasteiger partial charge in [0.15, 0.2) is 0 Å². The molecule has 0 N–H and O–H groups in total. The minimum Gasteiger partial charge on any atom is -0.268 e. The largest absolute Gasteiger partial charge is 0.283 e. The molecular weight excluding hydrogens is 387 g/mol. The number of hydrogen-bond donors (Lipinski definition) is 0. The maximum atomic E-state index is 12.5. The van der Waals surface area contributed by atoms with E-state index in [1.54, 1.807) is 24.3 Å². The molecule has 0 bridgehead atoms. The molecule has 6 nitrogen and oxygen atoms in total. The molecule has 0 aromatic heterocycles. The molecule has 0 saturated carbocycles. The van der Waals surface area contributed by atoms with Crippen LogP contribution in [0, 0.1) is 13.7 Å². The van der Waals surface area contributed by atoms with Crippen LogP contribution in [0.15, 0.2) is 42.5 Å². The van der Waals surface area contributed by atoms with Gasteiger partial charge in [-0.3, -0.25) is 19.7 Å². The van der Waals surface area contributed by atoms with Crippen molar-refractivity contribution in [1.82, 2.24) is 0 Å². The van der Waals surface area contributed by atoms with Gasteiger partial charge in [0.1, 0.15) is 5.56 Å². The van der Waals surface area contributed by atoms with Crippen molar-refractivity contribution in [3.8, 4) is 0 Å². The topological polar surface area (TPSA) is 80.5 Å². The number of para-hydroxylation sites is 1. The number of nitro benzene ring substituents is 1. The smallest absolute Gasteiger partial charge is 0.268 e. The van der Waals surface area contributed by atoms with E-state index in [0.29, 0.717) is 9.26 Å². The Kier molecular flexibility index (Phi) is 3.20. The number of benzene rings is 2. The summed E-state index contributed by atoms with van der Waals surface area (Å²) in [4.78, 5) is 36.3. The van der Waals surface area contributed by atoms with Gasteiger partial charge in [0.05, 0.1) is 16.2 Å². The van der Waals surface area contributed by atoms with Gasteiger partial charge in [-0.15, -0.1) is 0 Å². The molecule has 0 aliphatic carbocycles. The van der Waals surface area contributed by atoms with Crippen molar-refractivity contribution in [2.24, 2.45) is 0 Å². The quantitative estimate of drug-likeness (QED) is 0.340. The molecule has 3 rings (SSSR count). The molecule has 21 heavy (non-hydrogen) atoms. The number of nitrogens with zero attached hydrogens (tertiary/aromatic N) is 2. The number of carbonyl (C=O) groups is 2. The van der Waals surface area contributed by atoms with Crippen LogP contribution in [-0.4, -0.2) is 16.7 Å². The van der Waals surface area contributed by atoms with E-state index < -0.39 is 16.7 Å². The fraction of sp³-hybridized carbons (Fsp3) is 0. The molecule has 7 heteroatoms. The number of carbonyl (C=O) groups excluding carboxylic acids is 2. The van der Waals surface area contributed by atoms with Crippen molar-refractivity contribution in [1.29, 1.82) is 0 Å². The van der Waals surface area contributed by atoms with Crippen molar-refractivity contribution in [2.45, 2.75) is 0 Å². The molecule has 2 amide bonds. The Balaban J connectivity index is 2.21. The molecular formula is C14H7IN2O4. The minimum absolute atomic E-state index is 0.0638. The molecule has 1 aliphatic rings. The van der Waals surface area contributed by atoms with Crippen LogP contribution in [0.1, 0.15) is 20.7 Å². The molecule has 2 aromatic rings. The van der Waals surface area contributed by atoms with E-state index in [4.69, 9.17) is 0 Å². The Morgan fingerprint density at radius 2 is 1.71 bits per heavy atom. The first kappa shape index (κ1) is 13.7. The normalized spacial score (nSPS) is 13.5. The first-order valence-electron chi connectivity index (χ1n) is 5.93. The van der Waals surface area contributed by atoms with Gasteiger partial charge in [-0.1, -0.05) is 18.2 Å². The average Bonchev–Trinajstić information content (AvgIpc) is 2.72. The molecule has 0 unspecified atom stereocenters. The van der Waals surface area contributed by atoms with Crippen LogP contribution in [0.5, 0.6) is 0 Å². The van der Waals surface area contributed by atoms with E-state index in [-0.39, 0.29) is 16.8 Å². The van der Waals surface area contributed by atoms with E-state index in [2.05, 4.69) is 0 Å². The molecule has 0 atom stereocenters. The highest BCUT2D eigenvalue weighted by Crippen LogP contribution is 2.35. The molecule has 0 saturated heterocycles. The molecule has 2 aromatic carbocycles. The summed E-state index contributed by atoms with van der Waals surface area (Å²) >= 11 is 2.01. The Hall–Kier alpha value is -2.29. The minimum atomic E-state index is -0.661. The Labute approximate surface area is 132 Å². The van der Waals surface area contributed by atoms with Crippen molar-refractivity contribution < 1.29 is 14.5 Å². The van der Waals surface area contributed by atoms with E-state index in [1.807, 2.05) is 22.6 Å². The van der Waals surface area contributed by atoms with Crippen LogP contribution in [-0.2, 0) is 0 Å². The molecule has 0 spiro atoms. The van der Waals surface area contributed by atoms with Crippen LogP contribution < -0.4 is 4.90 Å². The van der Waals surface area contributed by atoms with E-state index in [1.165, 1.54) is 18.2 Å². The third-order valence-corrected chi connectivity index (χ3v) is 4.10. The lowest BCUT2D eigenvalue weighted by Crippen LogP contribution is -2.30. The Bertz CT molecular complexity index is 803. The summed E-state index contributed by atoms with van der Waals surface area (Å²) in [5, 5.41) is 11.0. The highest BCUT2D eigenvalue weighted by Gasteiger charge is 2.42. The number of halogens is 1. The fourth-order valence-corrected chi connectivity index (χ4v) is 2.90. The second-order valence-electron chi connectivity index (χ2n) is 4.35. The number of rotatable bonds is 2. The highest BCUT2D eigenvalue weighted by atomic mass is 127. The summed E-state index contributed by atoms with van der Waals surface area (Å²) in [7, 11) is 0. The molecule has 104 valence electrons. The van der Waals surface area contributed by atoms with Gasteiger partial charge in [-0.25, -0.2) is 4.90 Å². The number of anilines is 1. The summed E-state index contributed by atoms with van der Waals surface area (Å²) in [5.41, 5.74) is -0.00102. The zero-order chi connectivity index (χ0) is 15.1. The summed E-state index contributed by atoms with van der Waals surface area (Å²) < 4.78 is 0.715. The third kappa shape index (κ3) is 2.00. The van der Waals surface area contributed by atoms with Crippen LogP contribution in [0.3, 0.4) is 0 Å². The monoisotopic (exact) mass is 394 g/mol. The lowest BCUT2D eigenvalue weighted by molar-refractivity contribution is -0.385. The lowest BCUT2D eigenvalue weighted by atomic mass is 10.1. The predicted molar refractivity (Wildman–Crippen MR) is 83.4 cm³/mol. The van der Waals surface area contributed by atoms with Crippen LogP contribution >= 0.6 is 22.6 Å². The van der Waals surface area contributed by atoms with Gasteiger partial charge in [0.25, 0.3) is 17.5 Å². The van der Waals surface area contributed by atoms with Gasteiger partial charge < -0.3 is 0 Å². The first-order valence-corrected chi connectivity index (χ1v) is 7.01. The second-order valence-corrected chi connectivity index (χ2v) is 5.52. The van der Waals surface area contributed by atoms with Gasteiger partial charge in [-0.2, -0.15) is 0 Å². The van der Waals surface area contributed by atoms with Gasteiger partial charge >= 0.3 is 0 Å². The SMILES string of the molecule is O=C1c2cccc([N+](=O)[O-])c2C(=O)N1c1ccccc1I. The van der Waals surface area contributed by atoms with E-state index in [0.717, 1.165) is 4.90 Å². The average molecular weight is 394 g/mol. The Morgan fingerprint density at radius 3 is 2.38 bits per heavy atom. The zero-order valence-electron chi connectivity index (χ0n) is 10.4. The van der Waals surface area contributed by atoms with Crippen molar-refractivity contribution in [3.05, 3.63) is 67.3 Å². The molecule has 0 radical (unpaired) electrons. The number of amides is 2. The first-order chi connectivity index (χ1) is 10.0. The summed E-state index contributed by atoms with van der Waals surface area (Å²) in [6.45, 7) is 0. The van der Waals surface area contributed by atoms with Crippen LogP contribution in [0.2, 0.25) is 0 Å². The number of fused-ring (bicyclic) bond motifs is 1. The fourth-order valence-electron chi connectivity index (χ4n) is 2.27. The second kappa shape index (κ2) is 4.92. The standard InChI is InChI=1S/C14H7IN2O4/c15-9-5-1-2-6-10(9)16-13(18)8-4-3-7-11(17(20)21)12(8)14(16)19/h1-7H. The molecule has 0 fully saturated rings. The van der Waals surface area contributed by atoms with Crippen molar-refractivity contribution >= 4 is 45.8 Å². The van der Waals surface area contributed by atoms with Gasteiger partial charge in [0, 0.05) is 9.64 Å². The van der Waals surface area contributed by atoms with Crippen LogP contribution in [0.4, 0.5) is 11.4 Å². The number of imide groups is 1. The summed E-state index contributed by atoms with van der Waals surface area (Å²) in [6.07, 6.45) is 0. The Morgan fingerprint density at radius 1 is 1.00 bits per heavy atom. The maximum Gasteiger partial charge on any atom is 0.283 e. The zero-order valence-corrected chi connectivity index (χ0v) is 12.6. The van der Waals surface area contributed by atoms with Gasteiger partial charge in [0.2, 0.25) is 0 Å². The molecule has 1 aliphatic heterocycles. The van der Waals surface area contributed by atoms with E-state index in [9.17, 15) is 19.7 Å². The summed E-state index contributed by atoms with van der Waals surface area (Å²) in [6, 6.07) is 10.9. The van der Waals surface area contributed by atoms with Gasteiger partial charge in [-0.05, 0) is 40.8 Å².